The molecule has 1 aliphatic rings. The van der Waals surface area contributed by atoms with E-state index >= 15 is 0 Å². The number of nitrogen functional groups attached to an aromatic ring is 1. The minimum atomic E-state index is -1.33. The third kappa shape index (κ3) is 1.96. The highest BCUT2D eigenvalue weighted by atomic mass is 16.6. The number of hydrogen-bond acceptors (Lipinski definition) is 8. The maximum atomic E-state index is 10.1. The van der Waals surface area contributed by atoms with Crippen LogP contribution in [-0.4, -0.2) is 53.2 Å². The normalized spacial score (nSPS) is 28.7. The molecular formula is C12H13N5O4. The quantitative estimate of drug-likeness (QED) is 0.419. The molecule has 0 saturated carbocycles. The van der Waals surface area contributed by atoms with Crippen LogP contribution < -0.4 is 5.73 Å². The van der Waals surface area contributed by atoms with E-state index in [4.69, 9.17) is 10.5 Å². The molecule has 3 heterocycles. The fraction of sp³-hybridized carbons (Fsp3) is 0.333. The molecule has 0 amide bonds. The van der Waals surface area contributed by atoms with Crippen molar-refractivity contribution in [2.45, 2.75) is 24.5 Å². The van der Waals surface area contributed by atoms with Gasteiger partial charge in [0, 0.05) is 0 Å². The van der Waals surface area contributed by atoms with Gasteiger partial charge < -0.3 is 25.8 Å². The van der Waals surface area contributed by atoms with Crippen LogP contribution >= 0.6 is 0 Å². The number of nitrogens with zero attached hydrogens (tertiary/aromatic N) is 4. The smallest absolute Gasteiger partial charge is 0.167 e. The Bertz CT molecular complexity index is 738. The number of anilines is 1. The van der Waals surface area contributed by atoms with Gasteiger partial charge >= 0.3 is 0 Å². The van der Waals surface area contributed by atoms with E-state index in [2.05, 4.69) is 27.3 Å². The third-order valence-corrected chi connectivity index (χ3v) is 3.35. The zero-order chi connectivity index (χ0) is 15.1. The molecule has 0 aliphatic carbocycles. The second-order valence-electron chi connectivity index (χ2n) is 4.57. The van der Waals surface area contributed by atoms with E-state index in [1.165, 1.54) is 17.2 Å². The van der Waals surface area contributed by atoms with Crippen molar-refractivity contribution in [3.8, 4) is 0 Å². The summed E-state index contributed by atoms with van der Waals surface area (Å²) in [5.41, 5.74) is 8.62. The number of ether oxygens (including phenoxy) is 1. The Morgan fingerprint density at radius 2 is 2.10 bits per heavy atom. The summed E-state index contributed by atoms with van der Waals surface area (Å²) < 4.78 is 6.88. The van der Waals surface area contributed by atoms with Crippen LogP contribution in [0.4, 0.5) is 5.82 Å². The molecule has 1 saturated heterocycles. The van der Waals surface area contributed by atoms with Gasteiger partial charge in [-0.25, -0.2) is 15.0 Å². The lowest BCUT2D eigenvalue weighted by atomic mass is 10.1. The van der Waals surface area contributed by atoms with Crippen molar-refractivity contribution in [3.05, 3.63) is 30.7 Å². The number of aromatic nitrogens is 4. The van der Waals surface area contributed by atoms with Crippen molar-refractivity contribution in [2.75, 3.05) is 5.73 Å². The predicted octanol–water partition coefficient (Wildman–Crippen LogP) is -0.746. The molecule has 9 heteroatoms. The molecule has 2 aromatic heterocycles. The molecule has 0 radical (unpaired) electrons. The molecule has 110 valence electrons. The van der Waals surface area contributed by atoms with Gasteiger partial charge in [-0.15, -0.1) is 0 Å². The summed E-state index contributed by atoms with van der Waals surface area (Å²) in [5.74, 6) is -0.195. The van der Waals surface area contributed by atoms with Crippen molar-refractivity contribution >= 4 is 17.0 Å². The fourth-order valence-electron chi connectivity index (χ4n) is 2.27. The Morgan fingerprint density at radius 3 is 2.81 bits per heavy atom. The summed E-state index contributed by atoms with van der Waals surface area (Å²) in [5, 5.41) is 29.6. The molecule has 0 bridgehead atoms. The number of nitrogens with two attached hydrogens (primary N) is 1. The Hall–Kier alpha value is -2.45. The van der Waals surface area contributed by atoms with E-state index < -0.39 is 24.5 Å². The van der Waals surface area contributed by atoms with E-state index in [0.717, 1.165) is 0 Å². The summed E-state index contributed by atoms with van der Waals surface area (Å²) in [4.78, 5) is 11.9. The van der Waals surface area contributed by atoms with E-state index in [1.54, 1.807) is 0 Å². The van der Waals surface area contributed by atoms with Crippen LogP contribution in [0.1, 0.15) is 6.23 Å². The zero-order valence-electron chi connectivity index (χ0n) is 10.8. The van der Waals surface area contributed by atoms with Crippen molar-refractivity contribution in [1.29, 1.82) is 0 Å². The zero-order valence-corrected chi connectivity index (χ0v) is 10.8. The molecule has 0 aromatic carbocycles. The SMILES string of the molecule is C=C=C(O)[C@H]1O[C@@H](n2cnc3c(N)ncnc32)[C@H](O)[C@@H]1O. The molecule has 2 aromatic rings. The van der Waals surface area contributed by atoms with Gasteiger partial charge in [0.25, 0.3) is 0 Å². The van der Waals surface area contributed by atoms with Gasteiger partial charge in [0.2, 0.25) is 0 Å². The van der Waals surface area contributed by atoms with Crippen LogP contribution in [0, 0.1) is 0 Å². The van der Waals surface area contributed by atoms with Crippen molar-refractivity contribution in [1.82, 2.24) is 19.5 Å². The lowest BCUT2D eigenvalue weighted by molar-refractivity contribution is -0.0339. The number of aliphatic hydroxyl groups excluding tert-OH is 3. The summed E-state index contributed by atoms with van der Waals surface area (Å²) in [6.07, 6.45) is -2.11. The van der Waals surface area contributed by atoms with Crippen molar-refractivity contribution in [3.63, 3.8) is 0 Å². The number of imidazole rings is 1. The molecule has 0 unspecified atom stereocenters. The minimum absolute atomic E-state index is 0.192. The summed E-state index contributed by atoms with van der Waals surface area (Å²) in [6.45, 7) is 3.27. The molecule has 4 atom stereocenters. The second kappa shape index (κ2) is 4.83. The van der Waals surface area contributed by atoms with E-state index in [9.17, 15) is 15.3 Å². The van der Waals surface area contributed by atoms with Gasteiger partial charge in [0.1, 0.15) is 24.1 Å². The highest BCUT2D eigenvalue weighted by Gasteiger charge is 2.46. The molecule has 5 N–H and O–H groups in total. The Balaban J connectivity index is 2.04. The van der Waals surface area contributed by atoms with Gasteiger partial charge in [-0.3, -0.25) is 4.57 Å². The van der Waals surface area contributed by atoms with Crippen molar-refractivity contribution in [2.24, 2.45) is 0 Å². The summed E-state index contributed by atoms with van der Waals surface area (Å²) in [6, 6.07) is 0. The van der Waals surface area contributed by atoms with Crippen molar-refractivity contribution < 1.29 is 20.1 Å². The van der Waals surface area contributed by atoms with Gasteiger partial charge in [0.15, 0.2) is 29.6 Å². The fourth-order valence-corrected chi connectivity index (χ4v) is 2.27. The number of fused-ring (bicyclic) bond motifs is 1. The Labute approximate surface area is 118 Å². The molecule has 9 nitrogen and oxygen atoms in total. The molecule has 0 spiro atoms. The van der Waals surface area contributed by atoms with Gasteiger partial charge in [-0.05, 0) is 0 Å². The summed E-state index contributed by atoms with van der Waals surface area (Å²) >= 11 is 0. The highest BCUT2D eigenvalue weighted by Crippen LogP contribution is 2.33. The van der Waals surface area contributed by atoms with Crippen LogP contribution in [0.3, 0.4) is 0 Å². The molecule has 1 aliphatic heterocycles. The Kier molecular flexibility index (Phi) is 3.11. The van der Waals surface area contributed by atoms with Crippen LogP contribution in [0.2, 0.25) is 0 Å². The molecule has 21 heavy (non-hydrogen) atoms. The first-order valence-electron chi connectivity index (χ1n) is 6.08. The minimum Gasteiger partial charge on any atom is -0.502 e. The largest absolute Gasteiger partial charge is 0.502 e. The average molecular weight is 291 g/mol. The molecule has 3 rings (SSSR count). The maximum Gasteiger partial charge on any atom is 0.167 e. The van der Waals surface area contributed by atoms with Gasteiger partial charge in [0.05, 0.1) is 6.33 Å². The van der Waals surface area contributed by atoms with E-state index in [-0.39, 0.29) is 11.6 Å². The number of rotatable bonds is 2. The van der Waals surface area contributed by atoms with Crippen LogP contribution in [0.5, 0.6) is 0 Å². The Morgan fingerprint density at radius 1 is 1.33 bits per heavy atom. The highest BCUT2D eigenvalue weighted by molar-refractivity contribution is 5.81. The second-order valence-corrected chi connectivity index (χ2v) is 4.57. The van der Waals surface area contributed by atoms with Gasteiger partial charge in [-0.1, -0.05) is 12.3 Å². The first-order chi connectivity index (χ1) is 10.0. The maximum absolute atomic E-state index is 10.1. The molecular weight excluding hydrogens is 278 g/mol. The monoisotopic (exact) mass is 291 g/mol. The molecule has 1 fully saturated rings. The van der Waals surface area contributed by atoms with E-state index in [1.807, 2.05) is 0 Å². The first-order valence-corrected chi connectivity index (χ1v) is 6.08. The topological polar surface area (TPSA) is 140 Å². The number of hydrogen-bond donors (Lipinski definition) is 4. The van der Waals surface area contributed by atoms with Crippen LogP contribution in [-0.2, 0) is 4.74 Å². The standard InChI is InChI=1S/C12H13N5O4/c1-2-5(18)9-7(19)8(20)12(21-9)17-4-16-6-10(13)14-3-15-11(6)17/h3-4,7-9,12,18-20H,1H2,(H2,13,14,15)/t7-,8+,9+,12+/m0/s1. The van der Waals surface area contributed by atoms with E-state index in [0.29, 0.717) is 11.2 Å². The third-order valence-electron chi connectivity index (χ3n) is 3.35. The first kappa shape index (κ1) is 13.5. The average Bonchev–Trinajstić information content (AvgIpc) is 3.02. The van der Waals surface area contributed by atoms with Gasteiger partial charge in [-0.2, -0.15) is 0 Å². The predicted molar refractivity (Wildman–Crippen MR) is 70.9 cm³/mol. The lowest BCUT2D eigenvalue weighted by Gasteiger charge is -2.16. The van der Waals surface area contributed by atoms with Crippen LogP contribution in [0.25, 0.3) is 11.2 Å². The lowest BCUT2D eigenvalue weighted by Crippen LogP contribution is -2.32. The number of aliphatic hydroxyl groups is 3. The summed E-state index contributed by atoms with van der Waals surface area (Å²) in [7, 11) is 0. The van der Waals surface area contributed by atoms with Crippen LogP contribution in [0.15, 0.2) is 30.7 Å².